The van der Waals surface area contributed by atoms with Gasteiger partial charge in [-0.1, -0.05) is 30.9 Å². The molecule has 1 nitrogen and oxygen atoms in total. The monoisotopic (exact) mass is 286 g/mol. The molecule has 0 aliphatic rings. The summed E-state index contributed by atoms with van der Waals surface area (Å²) in [5, 5.41) is 6.69. The zero-order chi connectivity index (χ0) is 14.0. The van der Waals surface area contributed by atoms with E-state index in [2.05, 4.69) is 54.0 Å². The van der Waals surface area contributed by atoms with Crippen molar-refractivity contribution in [3.8, 4) is 0 Å². The van der Waals surface area contributed by atoms with E-state index in [0.717, 1.165) is 0 Å². The molecule has 98 valence electrons. The molecule has 0 unspecified atom stereocenters. The van der Waals surface area contributed by atoms with E-state index < -0.39 is 0 Å². The van der Waals surface area contributed by atoms with Gasteiger partial charge in [0.15, 0.2) is 6.20 Å². The van der Waals surface area contributed by atoms with Crippen molar-refractivity contribution in [3.05, 3.63) is 60.8 Å². The van der Waals surface area contributed by atoms with E-state index >= 15 is 0 Å². The maximum atomic E-state index is 3.96. The highest BCUT2D eigenvalue weighted by molar-refractivity contribution is 7.26. The van der Waals surface area contributed by atoms with Gasteiger partial charge in [0, 0.05) is 26.2 Å². The molecule has 3 aromatic carbocycles. The highest BCUT2D eigenvalue weighted by atomic mass is 32.1. The van der Waals surface area contributed by atoms with Gasteiger partial charge in [0.1, 0.15) is 0 Å². The van der Waals surface area contributed by atoms with E-state index in [9.17, 15) is 0 Å². The lowest BCUT2D eigenvalue weighted by atomic mass is 9.96. The molecular weight excluding hydrogens is 274 g/mol. The van der Waals surface area contributed by atoms with Gasteiger partial charge in [0.05, 0.1) is 10.8 Å². The molecule has 5 aromatic rings. The van der Waals surface area contributed by atoms with Gasteiger partial charge in [-0.05, 0) is 29.1 Å². The first kappa shape index (κ1) is 11.2. The molecule has 1 N–H and O–H groups in total. The Labute approximate surface area is 125 Å². The van der Waals surface area contributed by atoms with Crippen LogP contribution in [0.15, 0.2) is 55.2 Å². The van der Waals surface area contributed by atoms with Gasteiger partial charge in [-0.3, -0.25) is 0 Å². The summed E-state index contributed by atoms with van der Waals surface area (Å²) < 4.78 is 2.69. The van der Waals surface area contributed by atoms with E-state index in [1.54, 1.807) is 0 Å². The van der Waals surface area contributed by atoms with Gasteiger partial charge in [0.25, 0.3) is 0 Å². The SMILES string of the molecule is C=Cc1ccc2c3[nH+]cccc3c3cccc4sc1c2c43. The first-order valence-electron chi connectivity index (χ1n) is 7.00. The minimum Gasteiger partial charge on any atom is -0.211 e. The summed E-state index contributed by atoms with van der Waals surface area (Å²) in [7, 11) is 0. The fourth-order valence-corrected chi connectivity index (χ4v) is 4.68. The van der Waals surface area contributed by atoms with E-state index in [1.807, 2.05) is 23.6 Å². The quantitative estimate of drug-likeness (QED) is 0.373. The number of rotatable bonds is 1. The van der Waals surface area contributed by atoms with Gasteiger partial charge < -0.3 is 0 Å². The number of benzene rings is 3. The van der Waals surface area contributed by atoms with Crippen LogP contribution in [0.25, 0.3) is 47.9 Å². The van der Waals surface area contributed by atoms with Crippen LogP contribution in [-0.4, -0.2) is 0 Å². The largest absolute Gasteiger partial charge is 0.219 e. The molecule has 2 aromatic heterocycles. The third kappa shape index (κ3) is 1.28. The van der Waals surface area contributed by atoms with Crippen LogP contribution in [0.5, 0.6) is 0 Å². The second-order valence-electron chi connectivity index (χ2n) is 5.35. The van der Waals surface area contributed by atoms with Crippen LogP contribution in [0.3, 0.4) is 0 Å². The lowest BCUT2D eigenvalue weighted by Gasteiger charge is -2.05. The number of hydrogen-bond donors (Lipinski definition) is 0. The van der Waals surface area contributed by atoms with Crippen molar-refractivity contribution in [1.82, 2.24) is 0 Å². The Morgan fingerprint density at radius 1 is 0.905 bits per heavy atom. The second-order valence-corrected chi connectivity index (χ2v) is 6.40. The fourth-order valence-electron chi connectivity index (χ4n) is 3.42. The van der Waals surface area contributed by atoms with E-state index in [1.165, 1.54) is 47.4 Å². The number of fused-ring (bicyclic) bond motifs is 3. The van der Waals surface area contributed by atoms with Gasteiger partial charge in [-0.15, -0.1) is 11.3 Å². The molecule has 0 spiro atoms. The molecule has 0 saturated heterocycles. The molecule has 0 aliphatic carbocycles. The number of pyridine rings is 1. The van der Waals surface area contributed by atoms with Crippen LogP contribution in [0.4, 0.5) is 0 Å². The van der Waals surface area contributed by atoms with Crippen molar-refractivity contribution in [2.45, 2.75) is 0 Å². The Balaban J connectivity index is 2.28. The van der Waals surface area contributed by atoms with Gasteiger partial charge >= 0.3 is 0 Å². The van der Waals surface area contributed by atoms with E-state index in [0.29, 0.717) is 0 Å². The Bertz CT molecular complexity index is 1150. The normalized spacial score (nSPS) is 12.0. The summed E-state index contributed by atoms with van der Waals surface area (Å²) in [4.78, 5) is 3.44. The predicted octanol–water partition coefficient (Wildman–Crippen LogP) is 5.26. The topological polar surface area (TPSA) is 14.1 Å². The summed E-state index contributed by atoms with van der Waals surface area (Å²) in [5.41, 5.74) is 2.44. The number of H-pyrrole nitrogens is 1. The van der Waals surface area contributed by atoms with Gasteiger partial charge in [0.2, 0.25) is 5.52 Å². The molecule has 0 radical (unpaired) electrons. The average Bonchev–Trinajstić information content (AvgIpc) is 2.94. The smallest absolute Gasteiger partial charge is 0.211 e. The Kier molecular flexibility index (Phi) is 2.04. The van der Waals surface area contributed by atoms with Crippen molar-refractivity contribution < 1.29 is 4.98 Å². The molecule has 0 amide bonds. The molecule has 0 fully saturated rings. The zero-order valence-electron chi connectivity index (χ0n) is 11.3. The molecular formula is C19H12NS+. The summed E-state index contributed by atoms with van der Waals surface area (Å²) in [6.45, 7) is 3.96. The molecule has 0 saturated carbocycles. The van der Waals surface area contributed by atoms with Crippen LogP contribution in [0, 0.1) is 0 Å². The lowest BCUT2D eigenvalue weighted by Crippen LogP contribution is -2.02. The average molecular weight is 286 g/mol. The van der Waals surface area contributed by atoms with Crippen molar-refractivity contribution in [2.24, 2.45) is 0 Å². The summed E-state index contributed by atoms with van der Waals surface area (Å²) in [6, 6.07) is 15.3. The lowest BCUT2D eigenvalue weighted by molar-refractivity contribution is -0.343. The standard InChI is InChI=1S/C19H11NS/c1-2-11-8-9-14-17-16-12(13-6-4-10-20-18(13)14)5-3-7-15(16)21-19(11)17/h2-10H,1H2/p+1. The number of thiophene rings is 1. The highest BCUT2D eigenvalue weighted by Gasteiger charge is 2.19. The number of hydrogen-bond acceptors (Lipinski definition) is 1. The predicted molar refractivity (Wildman–Crippen MR) is 92.2 cm³/mol. The third-order valence-corrected chi connectivity index (χ3v) is 5.52. The van der Waals surface area contributed by atoms with Crippen LogP contribution in [0.2, 0.25) is 0 Å². The molecule has 0 bridgehead atoms. The minimum atomic E-state index is 1.22. The maximum absolute atomic E-state index is 3.96. The first-order chi connectivity index (χ1) is 10.4. The third-order valence-electron chi connectivity index (χ3n) is 4.31. The summed E-state index contributed by atoms with van der Waals surface area (Å²) in [6.07, 6.45) is 3.96. The van der Waals surface area contributed by atoms with E-state index in [4.69, 9.17) is 0 Å². The van der Waals surface area contributed by atoms with E-state index in [-0.39, 0.29) is 0 Å². The number of aromatic amines is 1. The maximum Gasteiger partial charge on any atom is 0.219 e. The minimum absolute atomic E-state index is 1.22. The van der Waals surface area contributed by atoms with Crippen molar-refractivity contribution in [1.29, 1.82) is 0 Å². The summed E-state index contributed by atoms with van der Waals surface area (Å²) >= 11 is 1.87. The molecule has 5 rings (SSSR count). The fraction of sp³-hybridized carbons (Fsp3) is 0. The molecule has 2 heteroatoms. The second kappa shape index (κ2) is 3.80. The Morgan fingerprint density at radius 3 is 2.71 bits per heavy atom. The summed E-state index contributed by atoms with van der Waals surface area (Å²) in [5.74, 6) is 0. The van der Waals surface area contributed by atoms with Crippen LogP contribution in [0.1, 0.15) is 5.56 Å². The van der Waals surface area contributed by atoms with Crippen molar-refractivity contribution in [3.63, 3.8) is 0 Å². The Hall–Kier alpha value is -2.45. The van der Waals surface area contributed by atoms with Crippen LogP contribution < -0.4 is 4.98 Å². The number of aromatic nitrogens is 1. The first-order valence-corrected chi connectivity index (χ1v) is 7.82. The van der Waals surface area contributed by atoms with Crippen LogP contribution >= 0.6 is 11.3 Å². The zero-order valence-corrected chi connectivity index (χ0v) is 12.1. The molecule has 21 heavy (non-hydrogen) atoms. The van der Waals surface area contributed by atoms with Crippen LogP contribution in [-0.2, 0) is 0 Å². The molecule has 0 aliphatic heterocycles. The number of nitrogens with one attached hydrogen (secondary N) is 1. The van der Waals surface area contributed by atoms with Crippen molar-refractivity contribution in [2.75, 3.05) is 0 Å². The van der Waals surface area contributed by atoms with Crippen molar-refractivity contribution >= 4 is 59.3 Å². The molecule has 2 heterocycles. The Morgan fingerprint density at radius 2 is 1.81 bits per heavy atom. The van der Waals surface area contributed by atoms with Gasteiger partial charge in [-0.25, -0.2) is 4.98 Å². The highest BCUT2D eigenvalue weighted by Crippen LogP contribution is 2.45. The molecule has 0 atom stereocenters. The van der Waals surface area contributed by atoms with Gasteiger partial charge in [-0.2, -0.15) is 0 Å².